The second-order valence-corrected chi connectivity index (χ2v) is 6.81. The third-order valence-corrected chi connectivity index (χ3v) is 6.07. The summed E-state index contributed by atoms with van der Waals surface area (Å²) in [7, 11) is -2.01. The van der Waals surface area contributed by atoms with Gasteiger partial charge in [0.2, 0.25) is 6.08 Å². The Labute approximate surface area is 92.9 Å². The maximum Gasteiger partial charge on any atom is 0.337 e. The van der Waals surface area contributed by atoms with E-state index in [-0.39, 0.29) is 0 Å². The van der Waals surface area contributed by atoms with Gasteiger partial charge < -0.3 is 8.85 Å². The van der Waals surface area contributed by atoms with Gasteiger partial charge in [0, 0.05) is 13.2 Å². The molecule has 0 N–H and O–H groups in total. The van der Waals surface area contributed by atoms with Crippen molar-refractivity contribution in [3.8, 4) is 0 Å². The molecular weight excluding hydrogens is 210 g/mol. The molecule has 0 radical (unpaired) electrons. The van der Waals surface area contributed by atoms with E-state index in [1.807, 2.05) is 13.8 Å². The van der Waals surface area contributed by atoms with Gasteiger partial charge >= 0.3 is 8.56 Å². The van der Waals surface area contributed by atoms with Gasteiger partial charge in [0.05, 0.1) is 6.54 Å². The second kappa shape index (κ2) is 8.80. The minimum Gasteiger partial charge on any atom is -0.394 e. The van der Waals surface area contributed by atoms with Crippen molar-refractivity contribution in [2.75, 3.05) is 19.8 Å². The molecule has 0 heterocycles. The Morgan fingerprint density at radius 2 is 1.80 bits per heavy atom. The van der Waals surface area contributed by atoms with Gasteiger partial charge in [-0.05, 0) is 32.4 Å². The predicted molar refractivity (Wildman–Crippen MR) is 61.9 cm³/mol. The molecule has 0 aliphatic heterocycles. The standard InChI is InChI=1S/C10H21NO3Si/c1-4-13-15(6-3,14-5-2)9-7-8-11-10-12/h4-9H2,1-3H3. The summed E-state index contributed by atoms with van der Waals surface area (Å²) in [4.78, 5) is 13.4. The van der Waals surface area contributed by atoms with E-state index >= 15 is 0 Å². The Kier molecular flexibility index (Phi) is 8.51. The number of isocyanates is 1. The zero-order chi connectivity index (χ0) is 11.6. The largest absolute Gasteiger partial charge is 0.394 e. The van der Waals surface area contributed by atoms with Crippen LogP contribution in [0.4, 0.5) is 0 Å². The van der Waals surface area contributed by atoms with Crippen molar-refractivity contribution < 1.29 is 13.6 Å². The molecule has 0 saturated heterocycles. The fourth-order valence-electron chi connectivity index (χ4n) is 1.57. The van der Waals surface area contributed by atoms with Gasteiger partial charge in [-0.1, -0.05) is 6.92 Å². The molecule has 15 heavy (non-hydrogen) atoms. The topological polar surface area (TPSA) is 47.9 Å². The number of carbonyl (C=O) groups excluding carboxylic acids is 1. The van der Waals surface area contributed by atoms with Gasteiger partial charge in [-0.3, -0.25) is 0 Å². The van der Waals surface area contributed by atoms with Crippen LogP contribution in [0.3, 0.4) is 0 Å². The molecule has 0 spiro atoms. The molecule has 0 aromatic heterocycles. The van der Waals surface area contributed by atoms with Crippen molar-refractivity contribution in [2.45, 2.75) is 39.3 Å². The van der Waals surface area contributed by atoms with Gasteiger partial charge in [0.15, 0.2) is 0 Å². The molecule has 4 nitrogen and oxygen atoms in total. The fraction of sp³-hybridized carbons (Fsp3) is 0.900. The lowest BCUT2D eigenvalue weighted by Gasteiger charge is -2.28. The SMILES string of the molecule is CCO[Si](CC)(CCCN=C=O)OCC. The first-order valence-corrected chi connectivity index (χ1v) is 7.79. The molecule has 0 atom stereocenters. The van der Waals surface area contributed by atoms with Gasteiger partial charge in [0.1, 0.15) is 0 Å². The highest BCUT2D eigenvalue weighted by molar-refractivity contribution is 6.67. The van der Waals surface area contributed by atoms with Crippen LogP contribution in [0.25, 0.3) is 0 Å². The summed E-state index contributed by atoms with van der Waals surface area (Å²) in [6.07, 6.45) is 2.39. The van der Waals surface area contributed by atoms with E-state index < -0.39 is 8.56 Å². The smallest absolute Gasteiger partial charge is 0.337 e. The number of aliphatic imine (C=N–C) groups is 1. The number of hydrogen-bond acceptors (Lipinski definition) is 4. The molecule has 88 valence electrons. The molecule has 0 rings (SSSR count). The van der Waals surface area contributed by atoms with Crippen molar-refractivity contribution in [3.05, 3.63) is 0 Å². The number of rotatable bonds is 9. The van der Waals surface area contributed by atoms with Crippen molar-refractivity contribution in [1.29, 1.82) is 0 Å². The summed E-state index contributed by atoms with van der Waals surface area (Å²) in [5.41, 5.74) is 0. The minimum atomic E-state index is -2.01. The van der Waals surface area contributed by atoms with E-state index in [0.29, 0.717) is 19.8 Å². The molecule has 5 heteroatoms. The molecule has 0 aromatic rings. The van der Waals surface area contributed by atoms with E-state index in [0.717, 1.165) is 18.5 Å². The first-order chi connectivity index (χ1) is 7.24. The Morgan fingerprint density at radius 1 is 1.20 bits per heavy atom. The Morgan fingerprint density at radius 3 is 2.20 bits per heavy atom. The molecule has 0 saturated carbocycles. The maximum atomic E-state index is 9.91. The van der Waals surface area contributed by atoms with Gasteiger partial charge in [0.25, 0.3) is 0 Å². The van der Waals surface area contributed by atoms with Crippen molar-refractivity contribution >= 4 is 14.6 Å². The lowest BCUT2D eigenvalue weighted by Crippen LogP contribution is -2.41. The molecule has 0 aliphatic rings. The third kappa shape index (κ3) is 5.84. The lowest BCUT2D eigenvalue weighted by molar-refractivity contribution is 0.183. The Hall–Kier alpha value is -0.483. The summed E-state index contributed by atoms with van der Waals surface area (Å²) < 4.78 is 11.6. The van der Waals surface area contributed by atoms with Crippen LogP contribution in [0.2, 0.25) is 12.1 Å². The van der Waals surface area contributed by atoms with E-state index in [2.05, 4.69) is 11.9 Å². The molecule has 0 aromatic carbocycles. The second-order valence-electron chi connectivity index (χ2n) is 3.21. The van der Waals surface area contributed by atoms with Crippen LogP contribution in [0.1, 0.15) is 27.2 Å². The van der Waals surface area contributed by atoms with Crippen LogP contribution in [-0.2, 0) is 13.6 Å². The van der Waals surface area contributed by atoms with Gasteiger partial charge in [-0.2, -0.15) is 0 Å². The molecule has 0 fully saturated rings. The Bertz CT molecular complexity index is 199. The Balaban J connectivity index is 4.13. The summed E-state index contributed by atoms with van der Waals surface area (Å²) in [5.74, 6) is 0. The zero-order valence-corrected chi connectivity index (χ0v) is 10.9. The molecule has 0 aliphatic carbocycles. The fourth-order valence-corrected chi connectivity index (χ4v) is 4.45. The van der Waals surface area contributed by atoms with Gasteiger partial charge in [-0.15, -0.1) is 0 Å². The third-order valence-electron chi connectivity index (χ3n) is 2.25. The van der Waals surface area contributed by atoms with E-state index in [1.54, 1.807) is 6.08 Å². The minimum absolute atomic E-state index is 0.526. The van der Waals surface area contributed by atoms with Crippen LogP contribution in [0.15, 0.2) is 4.99 Å². The monoisotopic (exact) mass is 231 g/mol. The molecular formula is C10H21NO3Si. The normalized spacial score (nSPS) is 11.1. The summed E-state index contributed by atoms with van der Waals surface area (Å²) >= 11 is 0. The summed E-state index contributed by atoms with van der Waals surface area (Å²) in [5, 5.41) is 0. The van der Waals surface area contributed by atoms with Crippen LogP contribution in [-0.4, -0.2) is 34.4 Å². The first kappa shape index (κ1) is 14.5. The quantitative estimate of drug-likeness (QED) is 0.265. The van der Waals surface area contributed by atoms with Crippen LogP contribution in [0, 0.1) is 0 Å². The van der Waals surface area contributed by atoms with Crippen molar-refractivity contribution in [3.63, 3.8) is 0 Å². The average molecular weight is 231 g/mol. The van der Waals surface area contributed by atoms with Crippen LogP contribution >= 0.6 is 0 Å². The van der Waals surface area contributed by atoms with E-state index in [4.69, 9.17) is 8.85 Å². The number of nitrogens with zero attached hydrogens (tertiary/aromatic N) is 1. The summed E-state index contributed by atoms with van der Waals surface area (Å²) in [6, 6.07) is 1.84. The lowest BCUT2D eigenvalue weighted by atomic mass is 10.5. The molecule has 0 bridgehead atoms. The van der Waals surface area contributed by atoms with Crippen molar-refractivity contribution in [1.82, 2.24) is 0 Å². The van der Waals surface area contributed by atoms with Gasteiger partial charge in [-0.25, -0.2) is 9.79 Å². The highest BCUT2D eigenvalue weighted by Crippen LogP contribution is 2.20. The molecule has 0 unspecified atom stereocenters. The first-order valence-electron chi connectivity index (χ1n) is 5.56. The van der Waals surface area contributed by atoms with E-state index in [1.165, 1.54) is 0 Å². The van der Waals surface area contributed by atoms with E-state index in [9.17, 15) is 4.79 Å². The zero-order valence-electron chi connectivity index (χ0n) is 9.91. The molecule has 0 amide bonds. The predicted octanol–water partition coefficient (Wildman–Crippen LogP) is 2.25. The highest BCUT2D eigenvalue weighted by Gasteiger charge is 2.34. The van der Waals surface area contributed by atoms with Crippen LogP contribution < -0.4 is 0 Å². The van der Waals surface area contributed by atoms with Crippen molar-refractivity contribution in [2.24, 2.45) is 4.99 Å². The average Bonchev–Trinajstić information content (AvgIpc) is 2.25. The van der Waals surface area contributed by atoms with Crippen LogP contribution in [0.5, 0.6) is 0 Å². The highest BCUT2D eigenvalue weighted by atomic mass is 28.4. The summed E-state index contributed by atoms with van der Waals surface area (Å²) in [6.45, 7) is 7.98. The maximum absolute atomic E-state index is 9.91. The number of hydrogen-bond donors (Lipinski definition) is 0.